The highest BCUT2D eigenvalue weighted by Gasteiger charge is 2.21. The molecule has 8 heteroatoms. The Hall–Kier alpha value is -3.94. The lowest BCUT2D eigenvalue weighted by Crippen LogP contribution is -2.18. The van der Waals surface area contributed by atoms with Crippen LogP contribution < -0.4 is 10.0 Å². The number of amides is 1. The lowest BCUT2D eigenvalue weighted by molar-refractivity contribution is 0.102. The number of halogens is 1. The molecule has 0 radical (unpaired) electrons. The molecular weight excluding hydrogens is 496 g/mol. The predicted octanol–water partition coefficient (Wildman–Crippen LogP) is 6.24. The highest BCUT2D eigenvalue weighted by Crippen LogP contribution is 2.26. The number of carbonyl (C=O) groups excluding carboxylic acids is 2. The molecule has 1 amide bonds. The number of aryl methyl sites for hydroxylation is 2. The Morgan fingerprint density at radius 2 is 1.47 bits per heavy atom. The maximum Gasteiger partial charge on any atom is 0.262 e. The summed E-state index contributed by atoms with van der Waals surface area (Å²) in [6.07, 6.45) is 0. The molecule has 0 saturated heterocycles. The molecule has 2 N–H and O–H groups in total. The fourth-order valence-corrected chi connectivity index (χ4v) is 5.12. The van der Waals surface area contributed by atoms with E-state index in [1.54, 1.807) is 79.7 Å². The Balaban J connectivity index is 1.63. The van der Waals surface area contributed by atoms with Gasteiger partial charge in [0.2, 0.25) is 0 Å². The third-order valence-corrected chi connectivity index (χ3v) is 7.31. The molecular formula is C28H23ClN2O4S. The summed E-state index contributed by atoms with van der Waals surface area (Å²) >= 11 is 6.13. The Morgan fingerprint density at radius 3 is 2.17 bits per heavy atom. The van der Waals surface area contributed by atoms with Crippen molar-refractivity contribution in [2.24, 2.45) is 0 Å². The average Bonchev–Trinajstić information content (AvgIpc) is 2.86. The van der Waals surface area contributed by atoms with E-state index in [2.05, 4.69) is 10.0 Å². The molecule has 0 heterocycles. The second-order valence-corrected chi connectivity index (χ2v) is 10.4. The van der Waals surface area contributed by atoms with E-state index in [1.807, 2.05) is 6.92 Å². The monoisotopic (exact) mass is 518 g/mol. The molecule has 0 spiro atoms. The van der Waals surface area contributed by atoms with Gasteiger partial charge in [0.25, 0.3) is 15.9 Å². The quantitative estimate of drug-likeness (QED) is 0.283. The minimum absolute atomic E-state index is 0.0209. The highest BCUT2D eigenvalue weighted by molar-refractivity contribution is 7.92. The van der Waals surface area contributed by atoms with Crippen molar-refractivity contribution in [3.63, 3.8) is 0 Å². The molecule has 4 rings (SSSR count). The van der Waals surface area contributed by atoms with Crippen molar-refractivity contribution in [2.75, 3.05) is 10.0 Å². The number of carbonyl (C=O) groups is 2. The van der Waals surface area contributed by atoms with E-state index in [9.17, 15) is 18.0 Å². The van der Waals surface area contributed by atoms with Crippen LogP contribution in [0.5, 0.6) is 0 Å². The van der Waals surface area contributed by atoms with Crippen LogP contribution in [0.4, 0.5) is 11.4 Å². The zero-order valence-corrected chi connectivity index (χ0v) is 21.2. The van der Waals surface area contributed by atoms with Gasteiger partial charge in [0.05, 0.1) is 10.6 Å². The van der Waals surface area contributed by atoms with Crippen LogP contribution in [0, 0.1) is 13.8 Å². The van der Waals surface area contributed by atoms with Crippen molar-refractivity contribution in [3.8, 4) is 0 Å². The molecule has 0 aliphatic rings. The fraction of sp³-hybridized carbons (Fsp3) is 0.0714. The van der Waals surface area contributed by atoms with Crippen molar-refractivity contribution in [1.82, 2.24) is 0 Å². The Labute approximate surface area is 215 Å². The second-order valence-electron chi connectivity index (χ2n) is 8.29. The summed E-state index contributed by atoms with van der Waals surface area (Å²) in [7, 11) is -3.95. The number of sulfonamides is 1. The molecule has 0 aliphatic heterocycles. The third-order valence-electron chi connectivity index (χ3n) is 5.55. The minimum atomic E-state index is -3.95. The van der Waals surface area contributed by atoms with E-state index in [1.165, 1.54) is 18.2 Å². The second kappa shape index (κ2) is 10.4. The van der Waals surface area contributed by atoms with Crippen LogP contribution >= 0.6 is 11.6 Å². The zero-order valence-electron chi connectivity index (χ0n) is 19.6. The van der Waals surface area contributed by atoms with E-state index in [-0.39, 0.29) is 27.5 Å². The van der Waals surface area contributed by atoms with Gasteiger partial charge in [-0.15, -0.1) is 0 Å². The molecule has 4 aromatic carbocycles. The van der Waals surface area contributed by atoms with E-state index >= 15 is 0 Å². The van der Waals surface area contributed by atoms with Crippen LogP contribution in [-0.4, -0.2) is 20.1 Å². The maximum absolute atomic E-state index is 13.1. The minimum Gasteiger partial charge on any atom is -0.321 e. The van der Waals surface area contributed by atoms with Crippen LogP contribution in [0.3, 0.4) is 0 Å². The maximum atomic E-state index is 13.1. The first-order valence-electron chi connectivity index (χ1n) is 11.0. The first kappa shape index (κ1) is 25.2. The zero-order chi connectivity index (χ0) is 25.9. The topological polar surface area (TPSA) is 92.3 Å². The van der Waals surface area contributed by atoms with Gasteiger partial charge in [-0.25, -0.2) is 8.42 Å². The first-order chi connectivity index (χ1) is 17.1. The standard InChI is InChI=1S/C28H23ClN2O4S/c1-18-8-13-23(14-9-18)31-36(34,35)26-16-21(11-10-19(26)2)28(33)30-25-15-12-22(29)17-24(25)27(32)20-6-4-3-5-7-20/h3-17,31H,1-2H3,(H,30,33). The van der Waals surface area contributed by atoms with Crippen LogP contribution in [0.15, 0.2) is 95.9 Å². The summed E-state index contributed by atoms with van der Waals surface area (Å²) in [5.74, 6) is -0.867. The fourth-order valence-electron chi connectivity index (χ4n) is 3.62. The smallest absolute Gasteiger partial charge is 0.262 e. The first-order valence-corrected chi connectivity index (χ1v) is 12.9. The highest BCUT2D eigenvalue weighted by atomic mass is 35.5. The Morgan fingerprint density at radius 1 is 0.778 bits per heavy atom. The normalized spacial score (nSPS) is 11.1. The summed E-state index contributed by atoms with van der Waals surface area (Å²) in [6.45, 7) is 3.56. The SMILES string of the molecule is Cc1ccc(NS(=O)(=O)c2cc(C(=O)Nc3ccc(Cl)cc3C(=O)c3ccccc3)ccc2C)cc1. The van der Waals surface area contributed by atoms with Gasteiger partial charge in [0.15, 0.2) is 5.78 Å². The molecule has 0 bridgehead atoms. The van der Waals surface area contributed by atoms with Crippen molar-refractivity contribution >= 4 is 44.7 Å². The van der Waals surface area contributed by atoms with Gasteiger partial charge in [-0.2, -0.15) is 0 Å². The van der Waals surface area contributed by atoms with Crippen LogP contribution in [0.2, 0.25) is 5.02 Å². The van der Waals surface area contributed by atoms with Gasteiger partial charge in [-0.1, -0.05) is 65.7 Å². The summed E-state index contributed by atoms with van der Waals surface area (Å²) in [5, 5.41) is 3.07. The Bertz CT molecular complexity index is 1550. The number of anilines is 2. The van der Waals surface area contributed by atoms with Gasteiger partial charge in [0, 0.05) is 27.4 Å². The molecule has 4 aromatic rings. The van der Waals surface area contributed by atoms with Crippen molar-refractivity contribution in [3.05, 3.63) is 124 Å². The molecule has 0 aliphatic carbocycles. The molecule has 0 fully saturated rings. The van der Waals surface area contributed by atoms with Crippen molar-refractivity contribution in [1.29, 1.82) is 0 Å². The average molecular weight is 519 g/mol. The van der Waals surface area contributed by atoms with E-state index in [0.717, 1.165) is 5.56 Å². The van der Waals surface area contributed by atoms with E-state index < -0.39 is 15.9 Å². The van der Waals surface area contributed by atoms with Gasteiger partial charge < -0.3 is 5.32 Å². The molecule has 6 nitrogen and oxygen atoms in total. The molecule has 0 aromatic heterocycles. The van der Waals surface area contributed by atoms with Crippen LogP contribution in [0.1, 0.15) is 37.4 Å². The number of hydrogen-bond acceptors (Lipinski definition) is 4. The number of nitrogens with one attached hydrogen (secondary N) is 2. The van der Waals surface area contributed by atoms with Crippen molar-refractivity contribution in [2.45, 2.75) is 18.7 Å². The number of benzene rings is 4. The third kappa shape index (κ3) is 5.64. The molecule has 0 unspecified atom stereocenters. The van der Waals surface area contributed by atoms with Gasteiger partial charge in [0.1, 0.15) is 0 Å². The van der Waals surface area contributed by atoms with Gasteiger partial charge in [-0.3, -0.25) is 14.3 Å². The number of rotatable bonds is 7. The summed E-state index contributed by atoms with van der Waals surface area (Å²) in [6, 6.07) is 24.6. The van der Waals surface area contributed by atoms with Gasteiger partial charge in [-0.05, 0) is 61.9 Å². The van der Waals surface area contributed by atoms with E-state index in [0.29, 0.717) is 21.8 Å². The lowest BCUT2D eigenvalue weighted by atomic mass is 10.0. The number of ketones is 1. The van der Waals surface area contributed by atoms with Gasteiger partial charge >= 0.3 is 0 Å². The molecule has 0 atom stereocenters. The summed E-state index contributed by atoms with van der Waals surface area (Å²) in [5.41, 5.74) is 2.96. The lowest BCUT2D eigenvalue weighted by Gasteiger charge is -2.14. The Kier molecular flexibility index (Phi) is 7.24. The largest absolute Gasteiger partial charge is 0.321 e. The molecule has 182 valence electrons. The molecule has 36 heavy (non-hydrogen) atoms. The molecule has 0 saturated carbocycles. The van der Waals surface area contributed by atoms with Crippen molar-refractivity contribution < 1.29 is 18.0 Å². The van der Waals surface area contributed by atoms with Crippen LogP contribution in [-0.2, 0) is 10.0 Å². The van der Waals surface area contributed by atoms with Crippen LogP contribution in [0.25, 0.3) is 0 Å². The predicted molar refractivity (Wildman–Crippen MR) is 142 cm³/mol. The van der Waals surface area contributed by atoms with E-state index in [4.69, 9.17) is 11.6 Å². The number of hydrogen-bond donors (Lipinski definition) is 2. The summed E-state index contributed by atoms with van der Waals surface area (Å²) < 4.78 is 28.7. The summed E-state index contributed by atoms with van der Waals surface area (Å²) in [4.78, 5) is 26.2.